The summed E-state index contributed by atoms with van der Waals surface area (Å²) in [4.78, 5) is 0. The van der Waals surface area contributed by atoms with Crippen LogP contribution in [0.15, 0.2) is 4.34 Å². The second-order valence-corrected chi connectivity index (χ2v) is 5.62. The predicted molar refractivity (Wildman–Crippen MR) is 49.7 cm³/mol. The van der Waals surface area contributed by atoms with Crippen molar-refractivity contribution in [3.63, 3.8) is 0 Å². The van der Waals surface area contributed by atoms with Crippen molar-refractivity contribution in [1.82, 2.24) is 10.2 Å². The zero-order valence-electron chi connectivity index (χ0n) is 5.43. The van der Waals surface area contributed by atoms with Crippen molar-refractivity contribution in [3.8, 4) is 0 Å². The molecule has 0 unspecified atom stereocenters. The Balaban J connectivity index is 2.77. The lowest BCUT2D eigenvalue weighted by Crippen LogP contribution is -2.03. The topological polar surface area (TPSA) is 25.8 Å². The molecule has 1 heterocycles. The molecule has 0 amide bonds. The number of hydrogen-bond donors (Lipinski definition) is 0. The number of alkyl halides is 4. The molecular weight excluding hydrogens is 324 g/mol. The lowest BCUT2D eigenvalue weighted by Gasteiger charge is -1.97. The number of rotatable bonds is 2. The summed E-state index contributed by atoms with van der Waals surface area (Å²) < 4.78 is 36.8. The van der Waals surface area contributed by atoms with Gasteiger partial charge in [0, 0.05) is 0 Å². The van der Waals surface area contributed by atoms with E-state index >= 15 is 0 Å². The highest BCUT2D eigenvalue weighted by molar-refractivity contribution is 14.1. The van der Waals surface area contributed by atoms with Crippen molar-refractivity contribution in [3.05, 3.63) is 5.01 Å². The van der Waals surface area contributed by atoms with Gasteiger partial charge in [0.05, 0.1) is 3.76 Å². The molecule has 0 aliphatic carbocycles. The number of halogens is 4. The number of aromatic nitrogens is 2. The van der Waals surface area contributed by atoms with Gasteiger partial charge in [-0.05, 0) is 0 Å². The summed E-state index contributed by atoms with van der Waals surface area (Å²) in [5, 5.41) is 5.52. The largest absolute Gasteiger partial charge is 0.445 e. The molecule has 68 valence electrons. The van der Waals surface area contributed by atoms with Gasteiger partial charge in [0.25, 0.3) is 0 Å². The van der Waals surface area contributed by atoms with E-state index in [1.54, 1.807) is 0 Å². The quantitative estimate of drug-likeness (QED) is 0.475. The average molecular weight is 326 g/mol. The third-order valence-corrected chi connectivity index (χ3v) is 3.57. The fraction of sp³-hybridized carbons (Fsp3) is 0.500. The monoisotopic (exact) mass is 326 g/mol. The summed E-state index contributed by atoms with van der Waals surface area (Å²) in [6.45, 7) is 0. The maximum absolute atomic E-state index is 11.9. The van der Waals surface area contributed by atoms with Crippen molar-refractivity contribution >= 4 is 45.7 Å². The molecule has 0 fully saturated rings. The molecule has 2 nitrogen and oxygen atoms in total. The molecule has 0 saturated heterocycles. The molecule has 1 aromatic rings. The van der Waals surface area contributed by atoms with Crippen LogP contribution in [0.5, 0.6) is 0 Å². The van der Waals surface area contributed by atoms with Gasteiger partial charge in [0.1, 0.15) is 0 Å². The smallest absolute Gasteiger partial charge is 0.164 e. The summed E-state index contributed by atoms with van der Waals surface area (Å²) in [5.74, 6) is 0. The Labute approximate surface area is 88.1 Å². The van der Waals surface area contributed by atoms with Crippen LogP contribution >= 0.6 is 45.7 Å². The van der Waals surface area contributed by atoms with Crippen LogP contribution in [0.3, 0.4) is 0 Å². The van der Waals surface area contributed by atoms with Crippen molar-refractivity contribution in [2.75, 3.05) is 3.76 Å². The zero-order valence-corrected chi connectivity index (χ0v) is 9.22. The Morgan fingerprint density at radius 3 is 2.50 bits per heavy atom. The maximum Gasteiger partial charge on any atom is 0.445 e. The average Bonchev–Trinajstić information content (AvgIpc) is 2.35. The first-order valence-corrected chi connectivity index (χ1v) is 5.96. The standard InChI is InChI=1S/C4H2F3IN2S2/c5-4(6,7)2-9-10-3(12-2)11-1-8/h1H2. The Kier molecular flexibility index (Phi) is 3.58. The normalized spacial score (nSPS) is 12.0. The predicted octanol–water partition coefficient (Wildman–Crippen LogP) is 3.04. The second-order valence-electron chi connectivity index (χ2n) is 1.62. The Morgan fingerprint density at radius 1 is 1.42 bits per heavy atom. The highest BCUT2D eigenvalue weighted by Gasteiger charge is 2.35. The minimum absolute atomic E-state index is 0.358. The third-order valence-electron chi connectivity index (χ3n) is 0.827. The lowest BCUT2D eigenvalue weighted by atomic mass is 10.7. The van der Waals surface area contributed by atoms with Gasteiger partial charge < -0.3 is 0 Å². The van der Waals surface area contributed by atoms with E-state index in [0.29, 0.717) is 19.4 Å². The molecule has 1 aromatic heterocycles. The van der Waals surface area contributed by atoms with Gasteiger partial charge in [-0.1, -0.05) is 45.7 Å². The van der Waals surface area contributed by atoms with Crippen LogP contribution in [0.4, 0.5) is 13.2 Å². The van der Waals surface area contributed by atoms with E-state index in [4.69, 9.17) is 0 Å². The van der Waals surface area contributed by atoms with Crippen LogP contribution in [0, 0.1) is 0 Å². The second kappa shape index (κ2) is 4.09. The van der Waals surface area contributed by atoms with E-state index in [9.17, 15) is 13.2 Å². The molecule has 0 spiro atoms. The minimum Gasteiger partial charge on any atom is -0.164 e. The van der Waals surface area contributed by atoms with Crippen molar-refractivity contribution < 1.29 is 13.2 Å². The molecule has 0 aliphatic heterocycles. The van der Waals surface area contributed by atoms with E-state index in [1.165, 1.54) is 11.8 Å². The first-order chi connectivity index (χ1) is 5.54. The minimum atomic E-state index is -4.36. The van der Waals surface area contributed by atoms with Crippen molar-refractivity contribution in [2.24, 2.45) is 0 Å². The number of hydrogen-bond acceptors (Lipinski definition) is 4. The highest BCUT2D eigenvalue weighted by Crippen LogP contribution is 2.34. The van der Waals surface area contributed by atoms with Crippen molar-refractivity contribution in [1.29, 1.82) is 0 Å². The summed E-state index contributed by atoms with van der Waals surface area (Å²) >= 11 is 3.86. The molecule has 0 N–H and O–H groups in total. The van der Waals surface area contributed by atoms with E-state index in [1.807, 2.05) is 22.6 Å². The van der Waals surface area contributed by atoms with E-state index in [2.05, 4.69) is 10.2 Å². The summed E-state index contributed by atoms with van der Waals surface area (Å²) in [5.41, 5.74) is 0. The van der Waals surface area contributed by atoms with Gasteiger partial charge >= 0.3 is 6.18 Å². The van der Waals surface area contributed by atoms with E-state index < -0.39 is 11.2 Å². The molecular formula is C4H2F3IN2S2. The molecule has 0 radical (unpaired) electrons. The molecule has 0 aliphatic rings. The summed E-state index contributed by atoms with van der Waals surface area (Å²) in [7, 11) is 0. The summed E-state index contributed by atoms with van der Waals surface area (Å²) in [6.07, 6.45) is -4.36. The molecule has 8 heteroatoms. The Morgan fingerprint density at radius 2 is 2.08 bits per heavy atom. The highest BCUT2D eigenvalue weighted by atomic mass is 127. The fourth-order valence-electron chi connectivity index (χ4n) is 0.429. The van der Waals surface area contributed by atoms with Crippen LogP contribution in [-0.4, -0.2) is 14.0 Å². The molecule has 0 atom stereocenters. The third kappa shape index (κ3) is 2.73. The molecule has 0 bridgehead atoms. The zero-order chi connectivity index (χ0) is 9.19. The van der Waals surface area contributed by atoms with Crippen LogP contribution in [0.25, 0.3) is 0 Å². The van der Waals surface area contributed by atoms with Gasteiger partial charge in [-0.25, -0.2) is 0 Å². The first-order valence-electron chi connectivity index (χ1n) is 2.63. The van der Waals surface area contributed by atoms with Gasteiger partial charge in [-0.3, -0.25) is 0 Å². The van der Waals surface area contributed by atoms with Crippen LogP contribution in [0.1, 0.15) is 5.01 Å². The fourth-order valence-corrected chi connectivity index (χ4v) is 3.23. The van der Waals surface area contributed by atoms with Gasteiger partial charge in [0.2, 0.25) is 5.01 Å². The van der Waals surface area contributed by atoms with Gasteiger partial charge in [-0.15, -0.1) is 10.2 Å². The molecule has 1 rings (SSSR count). The van der Waals surface area contributed by atoms with E-state index in [0.717, 1.165) is 0 Å². The van der Waals surface area contributed by atoms with Crippen LogP contribution in [-0.2, 0) is 6.18 Å². The summed E-state index contributed by atoms with van der Waals surface area (Å²) in [6, 6.07) is 0. The Hall–Kier alpha value is 0.430. The van der Waals surface area contributed by atoms with Crippen molar-refractivity contribution in [2.45, 2.75) is 10.5 Å². The molecule has 0 aromatic carbocycles. The lowest BCUT2D eigenvalue weighted by molar-refractivity contribution is -0.138. The van der Waals surface area contributed by atoms with E-state index in [-0.39, 0.29) is 0 Å². The van der Waals surface area contributed by atoms with Crippen LogP contribution in [0.2, 0.25) is 0 Å². The molecule has 12 heavy (non-hydrogen) atoms. The number of thioether (sulfide) groups is 1. The van der Waals surface area contributed by atoms with Gasteiger partial charge in [-0.2, -0.15) is 13.2 Å². The first kappa shape index (κ1) is 10.5. The van der Waals surface area contributed by atoms with Crippen LogP contribution < -0.4 is 0 Å². The maximum atomic E-state index is 11.9. The SMILES string of the molecule is FC(F)(F)c1nnc(SCI)s1. The molecule has 0 saturated carbocycles. The Bertz CT molecular complexity index is 261. The number of nitrogens with zero attached hydrogens (tertiary/aromatic N) is 2. The van der Waals surface area contributed by atoms with Gasteiger partial charge in [0.15, 0.2) is 4.34 Å².